The van der Waals surface area contributed by atoms with Crippen LogP contribution in [0.3, 0.4) is 0 Å². The standard InChI is InChI=1S/C10H13NO3/c1-6-4-9(5-12)7(2)11(6)8(3)10(13)14/h4-5,8H,1-3H3,(H,13,14)/t8-/m1/s1. The van der Waals surface area contributed by atoms with Gasteiger partial charge >= 0.3 is 5.97 Å². The van der Waals surface area contributed by atoms with Crippen molar-refractivity contribution in [1.82, 2.24) is 4.57 Å². The smallest absolute Gasteiger partial charge is 0.326 e. The van der Waals surface area contributed by atoms with Gasteiger partial charge in [-0.2, -0.15) is 0 Å². The first-order valence-electron chi connectivity index (χ1n) is 4.35. The molecule has 1 N–H and O–H groups in total. The molecule has 76 valence electrons. The Bertz CT molecular complexity index is 379. The van der Waals surface area contributed by atoms with Crippen molar-refractivity contribution >= 4 is 12.3 Å². The van der Waals surface area contributed by atoms with Gasteiger partial charge in [0.05, 0.1) is 0 Å². The highest BCUT2D eigenvalue weighted by molar-refractivity contribution is 5.78. The highest BCUT2D eigenvalue weighted by Crippen LogP contribution is 2.19. The van der Waals surface area contributed by atoms with Gasteiger partial charge in [-0.1, -0.05) is 0 Å². The van der Waals surface area contributed by atoms with Gasteiger partial charge in [0.1, 0.15) is 6.04 Å². The molecule has 0 saturated heterocycles. The Balaban J connectivity index is 3.26. The fourth-order valence-electron chi connectivity index (χ4n) is 1.63. The Morgan fingerprint density at radius 3 is 2.50 bits per heavy atom. The van der Waals surface area contributed by atoms with Gasteiger partial charge in [0.25, 0.3) is 0 Å². The minimum Gasteiger partial charge on any atom is -0.480 e. The number of carboxylic acid groups (broad SMARTS) is 1. The number of hydrogen-bond donors (Lipinski definition) is 1. The largest absolute Gasteiger partial charge is 0.480 e. The molecule has 0 fully saturated rings. The van der Waals surface area contributed by atoms with Crippen molar-refractivity contribution in [1.29, 1.82) is 0 Å². The van der Waals surface area contributed by atoms with Gasteiger partial charge in [-0.25, -0.2) is 4.79 Å². The quantitative estimate of drug-likeness (QED) is 0.744. The van der Waals surface area contributed by atoms with E-state index in [4.69, 9.17) is 5.11 Å². The molecule has 1 heterocycles. The molecule has 1 aromatic rings. The number of carboxylic acids is 1. The number of aldehydes is 1. The lowest BCUT2D eigenvalue weighted by Crippen LogP contribution is -2.17. The summed E-state index contributed by atoms with van der Waals surface area (Å²) in [5.74, 6) is -0.899. The molecule has 4 nitrogen and oxygen atoms in total. The van der Waals surface area contributed by atoms with Crippen LogP contribution in [0.15, 0.2) is 6.07 Å². The number of carbonyl (C=O) groups is 2. The molecule has 0 amide bonds. The molecule has 1 aromatic heterocycles. The Labute approximate surface area is 82.2 Å². The number of carbonyl (C=O) groups excluding carboxylic acids is 1. The molecule has 0 aromatic carbocycles. The van der Waals surface area contributed by atoms with E-state index < -0.39 is 12.0 Å². The second-order valence-electron chi connectivity index (χ2n) is 3.33. The maximum Gasteiger partial charge on any atom is 0.326 e. The predicted molar refractivity (Wildman–Crippen MR) is 51.6 cm³/mol. The van der Waals surface area contributed by atoms with E-state index in [2.05, 4.69) is 0 Å². The van der Waals surface area contributed by atoms with E-state index in [1.165, 1.54) is 0 Å². The summed E-state index contributed by atoms with van der Waals surface area (Å²) in [6.07, 6.45) is 0.743. The van der Waals surface area contributed by atoms with Crippen LogP contribution in [0.5, 0.6) is 0 Å². The van der Waals surface area contributed by atoms with Crippen molar-refractivity contribution in [3.05, 3.63) is 23.0 Å². The Hall–Kier alpha value is -1.58. The van der Waals surface area contributed by atoms with E-state index in [9.17, 15) is 9.59 Å². The van der Waals surface area contributed by atoms with Crippen molar-refractivity contribution < 1.29 is 14.7 Å². The van der Waals surface area contributed by atoms with E-state index in [0.29, 0.717) is 11.3 Å². The van der Waals surface area contributed by atoms with Crippen molar-refractivity contribution in [2.24, 2.45) is 0 Å². The molecule has 0 saturated carbocycles. The summed E-state index contributed by atoms with van der Waals surface area (Å²) in [5.41, 5.74) is 2.04. The minimum absolute atomic E-state index is 0.551. The molecule has 0 aliphatic rings. The number of rotatable bonds is 3. The molecule has 0 unspecified atom stereocenters. The summed E-state index contributed by atoms with van der Waals surface area (Å²) in [6.45, 7) is 5.13. The summed E-state index contributed by atoms with van der Waals surface area (Å²) in [7, 11) is 0. The van der Waals surface area contributed by atoms with Gasteiger partial charge in [-0.3, -0.25) is 4.79 Å². The molecule has 0 bridgehead atoms. The summed E-state index contributed by atoms with van der Waals surface area (Å²) in [4.78, 5) is 21.4. The average molecular weight is 195 g/mol. The summed E-state index contributed by atoms with van der Waals surface area (Å²) in [5, 5.41) is 8.86. The number of nitrogens with zero attached hydrogens (tertiary/aromatic N) is 1. The van der Waals surface area contributed by atoms with E-state index in [-0.39, 0.29) is 0 Å². The second kappa shape index (κ2) is 3.65. The zero-order valence-corrected chi connectivity index (χ0v) is 8.44. The maximum absolute atomic E-state index is 10.8. The summed E-state index contributed by atoms with van der Waals surface area (Å²) < 4.78 is 1.64. The van der Waals surface area contributed by atoms with E-state index in [0.717, 1.165) is 12.0 Å². The Morgan fingerprint density at radius 1 is 1.57 bits per heavy atom. The predicted octanol–water partition coefficient (Wildman–Crippen LogP) is 1.56. The second-order valence-corrected chi connectivity index (χ2v) is 3.33. The van der Waals surface area contributed by atoms with Crippen LogP contribution in [0.4, 0.5) is 0 Å². The molecular weight excluding hydrogens is 182 g/mol. The van der Waals surface area contributed by atoms with Gasteiger partial charge in [0.2, 0.25) is 0 Å². The lowest BCUT2D eigenvalue weighted by Gasteiger charge is -2.13. The molecular formula is C10H13NO3. The first-order valence-corrected chi connectivity index (χ1v) is 4.35. The molecule has 14 heavy (non-hydrogen) atoms. The third-order valence-corrected chi connectivity index (χ3v) is 2.40. The average Bonchev–Trinajstić information content (AvgIpc) is 2.40. The Morgan fingerprint density at radius 2 is 2.14 bits per heavy atom. The Kier molecular flexibility index (Phi) is 2.74. The lowest BCUT2D eigenvalue weighted by atomic mass is 10.2. The van der Waals surface area contributed by atoms with Gasteiger partial charge in [-0.15, -0.1) is 0 Å². The van der Waals surface area contributed by atoms with Crippen LogP contribution in [0.25, 0.3) is 0 Å². The van der Waals surface area contributed by atoms with Crippen LogP contribution in [-0.4, -0.2) is 21.9 Å². The van der Waals surface area contributed by atoms with Gasteiger partial charge < -0.3 is 9.67 Å². The number of hydrogen-bond acceptors (Lipinski definition) is 2. The lowest BCUT2D eigenvalue weighted by molar-refractivity contribution is -0.140. The van der Waals surface area contributed by atoms with Crippen LogP contribution in [0, 0.1) is 13.8 Å². The van der Waals surface area contributed by atoms with Crippen molar-refractivity contribution in [2.75, 3.05) is 0 Å². The van der Waals surface area contributed by atoms with E-state index in [1.807, 2.05) is 0 Å². The van der Waals surface area contributed by atoms with Crippen molar-refractivity contribution in [3.63, 3.8) is 0 Å². The molecule has 0 spiro atoms. The van der Waals surface area contributed by atoms with Gasteiger partial charge in [0.15, 0.2) is 6.29 Å². The highest BCUT2D eigenvalue weighted by atomic mass is 16.4. The molecule has 4 heteroatoms. The fourth-order valence-corrected chi connectivity index (χ4v) is 1.63. The van der Waals surface area contributed by atoms with Crippen molar-refractivity contribution in [2.45, 2.75) is 26.8 Å². The van der Waals surface area contributed by atoms with Crippen LogP contribution in [0.1, 0.15) is 34.7 Å². The normalized spacial score (nSPS) is 12.5. The van der Waals surface area contributed by atoms with Gasteiger partial charge in [0, 0.05) is 17.0 Å². The monoisotopic (exact) mass is 195 g/mol. The topological polar surface area (TPSA) is 59.3 Å². The number of aryl methyl sites for hydroxylation is 1. The molecule has 0 aliphatic carbocycles. The third kappa shape index (κ3) is 1.55. The van der Waals surface area contributed by atoms with E-state index >= 15 is 0 Å². The molecule has 0 radical (unpaired) electrons. The van der Waals surface area contributed by atoms with Crippen LogP contribution < -0.4 is 0 Å². The van der Waals surface area contributed by atoms with Crippen molar-refractivity contribution in [3.8, 4) is 0 Å². The minimum atomic E-state index is -0.899. The van der Waals surface area contributed by atoms with Gasteiger partial charge in [-0.05, 0) is 26.8 Å². The highest BCUT2D eigenvalue weighted by Gasteiger charge is 2.18. The summed E-state index contributed by atoms with van der Waals surface area (Å²) in [6, 6.07) is 1.06. The van der Waals surface area contributed by atoms with Crippen LogP contribution in [-0.2, 0) is 4.79 Å². The van der Waals surface area contributed by atoms with Crippen LogP contribution >= 0.6 is 0 Å². The number of aliphatic carboxylic acids is 1. The first-order chi connectivity index (χ1) is 6.49. The fraction of sp³-hybridized carbons (Fsp3) is 0.400. The molecule has 0 aliphatic heterocycles. The third-order valence-electron chi connectivity index (χ3n) is 2.40. The zero-order chi connectivity index (χ0) is 10.9. The maximum atomic E-state index is 10.8. The van der Waals surface area contributed by atoms with E-state index in [1.54, 1.807) is 31.4 Å². The SMILES string of the molecule is Cc1cc(C=O)c(C)n1[C@H](C)C(=O)O. The molecule has 1 rings (SSSR count). The molecule has 1 atom stereocenters. The zero-order valence-electron chi connectivity index (χ0n) is 8.44. The first kappa shape index (κ1) is 10.5. The number of aromatic nitrogens is 1. The summed E-state index contributed by atoms with van der Waals surface area (Å²) >= 11 is 0. The van der Waals surface area contributed by atoms with Crippen LogP contribution in [0.2, 0.25) is 0 Å².